The summed E-state index contributed by atoms with van der Waals surface area (Å²) < 4.78 is 1.15. The van der Waals surface area contributed by atoms with E-state index in [1.54, 1.807) is 0 Å². The number of carboxylic acid groups (broad SMARTS) is 1. The molecule has 0 unspecified atom stereocenters. The molecule has 0 aliphatic carbocycles. The number of halogens is 1. The van der Waals surface area contributed by atoms with Crippen LogP contribution in [-0.2, 0) is 6.42 Å². The summed E-state index contributed by atoms with van der Waals surface area (Å²) in [7, 11) is 0. The molecule has 1 fully saturated rings. The van der Waals surface area contributed by atoms with Gasteiger partial charge in [-0.1, -0.05) is 46.6 Å². The zero-order chi connectivity index (χ0) is 13.8. The van der Waals surface area contributed by atoms with Gasteiger partial charge in [-0.05, 0) is 36.5 Å². The minimum atomic E-state index is -0.809. The smallest absolute Gasteiger partial charge is 0.407 e. The second kappa shape index (κ2) is 6.24. The second-order valence-electron chi connectivity index (χ2n) is 4.73. The van der Waals surface area contributed by atoms with Crippen molar-refractivity contribution in [1.82, 2.24) is 4.90 Å². The van der Waals surface area contributed by atoms with Gasteiger partial charge < -0.3 is 10.0 Å². The number of rotatable bonds is 2. The Morgan fingerprint density at radius 2 is 2.11 bits per heavy atom. The Hall–Kier alpha value is -1.29. The van der Waals surface area contributed by atoms with Crippen LogP contribution < -0.4 is 0 Å². The Labute approximate surface area is 122 Å². The Balaban J connectivity index is 2.15. The van der Waals surface area contributed by atoms with Crippen molar-refractivity contribution >= 4 is 28.1 Å². The number of amides is 1. The van der Waals surface area contributed by atoms with Gasteiger partial charge in [-0.15, -0.1) is 0 Å². The van der Waals surface area contributed by atoms with Gasteiger partial charge in [-0.25, -0.2) is 4.79 Å². The Morgan fingerprint density at radius 1 is 1.42 bits per heavy atom. The first-order valence-corrected chi connectivity index (χ1v) is 7.35. The fourth-order valence-corrected chi connectivity index (χ4v) is 3.09. The molecule has 1 aromatic rings. The molecule has 1 saturated heterocycles. The molecule has 1 N–H and O–H groups in total. The molecule has 4 heteroatoms. The summed E-state index contributed by atoms with van der Waals surface area (Å²) in [5.41, 5.74) is 3.90. The first-order chi connectivity index (χ1) is 9.11. The second-order valence-corrected chi connectivity index (χ2v) is 5.59. The summed E-state index contributed by atoms with van der Waals surface area (Å²) in [5.74, 6) is 0. The maximum Gasteiger partial charge on any atom is 0.407 e. The molecule has 0 aromatic heterocycles. The molecular weight excluding hydrogens is 306 g/mol. The summed E-state index contributed by atoms with van der Waals surface area (Å²) in [6.07, 6.45) is 4.07. The number of hydrogen-bond acceptors (Lipinski definition) is 1. The van der Waals surface area contributed by atoms with Crippen LogP contribution in [0.3, 0.4) is 0 Å². The predicted molar refractivity (Wildman–Crippen MR) is 80.3 cm³/mol. The van der Waals surface area contributed by atoms with Crippen LogP contribution >= 0.6 is 15.9 Å². The van der Waals surface area contributed by atoms with Crippen molar-refractivity contribution in [3.05, 3.63) is 39.4 Å². The van der Waals surface area contributed by atoms with Crippen LogP contribution in [0, 0.1) is 0 Å². The normalized spacial score (nSPS) is 15.5. The molecule has 0 spiro atoms. The fraction of sp³-hybridized carbons (Fsp3) is 0.400. The van der Waals surface area contributed by atoms with Crippen molar-refractivity contribution in [1.29, 1.82) is 0 Å². The third-order valence-electron chi connectivity index (χ3n) is 3.54. The monoisotopic (exact) mass is 323 g/mol. The largest absolute Gasteiger partial charge is 0.465 e. The van der Waals surface area contributed by atoms with Crippen LogP contribution in [0.1, 0.15) is 30.9 Å². The van der Waals surface area contributed by atoms with Gasteiger partial charge in [0, 0.05) is 17.6 Å². The van der Waals surface area contributed by atoms with Gasteiger partial charge in [-0.3, -0.25) is 0 Å². The summed E-state index contributed by atoms with van der Waals surface area (Å²) in [4.78, 5) is 12.3. The SMILES string of the molecule is CCc1c(Br)cccc1C=C1CCN(C(=O)O)CC1. The fourth-order valence-electron chi connectivity index (χ4n) is 2.43. The minimum absolute atomic E-state index is 0.608. The van der Waals surface area contributed by atoms with Gasteiger partial charge in [0.1, 0.15) is 0 Å². The maximum atomic E-state index is 10.9. The number of hydrogen-bond donors (Lipinski definition) is 1. The molecule has 1 aliphatic heterocycles. The van der Waals surface area contributed by atoms with E-state index < -0.39 is 6.09 Å². The van der Waals surface area contributed by atoms with Crippen molar-refractivity contribution in [3.63, 3.8) is 0 Å². The average molecular weight is 324 g/mol. The third-order valence-corrected chi connectivity index (χ3v) is 4.29. The van der Waals surface area contributed by atoms with Gasteiger partial charge in [0.15, 0.2) is 0 Å². The third kappa shape index (κ3) is 3.38. The van der Waals surface area contributed by atoms with Gasteiger partial charge in [0.2, 0.25) is 0 Å². The van der Waals surface area contributed by atoms with Crippen molar-refractivity contribution in [2.24, 2.45) is 0 Å². The quantitative estimate of drug-likeness (QED) is 0.887. The lowest BCUT2D eigenvalue weighted by molar-refractivity contribution is 0.142. The van der Waals surface area contributed by atoms with Crippen molar-refractivity contribution in [3.8, 4) is 0 Å². The zero-order valence-corrected chi connectivity index (χ0v) is 12.6. The lowest BCUT2D eigenvalue weighted by Crippen LogP contribution is -2.35. The number of carbonyl (C=O) groups is 1. The summed E-state index contributed by atoms with van der Waals surface area (Å²) in [6, 6.07) is 6.23. The van der Waals surface area contributed by atoms with Crippen LogP contribution in [0.5, 0.6) is 0 Å². The van der Waals surface area contributed by atoms with E-state index in [-0.39, 0.29) is 0 Å². The van der Waals surface area contributed by atoms with E-state index >= 15 is 0 Å². The van der Waals surface area contributed by atoms with Gasteiger partial charge in [0.05, 0.1) is 0 Å². The van der Waals surface area contributed by atoms with E-state index in [0.717, 1.165) is 23.7 Å². The Kier molecular flexibility index (Phi) is 4.64. The van der Waals surface area contributed by atoms with Crippen molar-refractivity contribution in [2.45, 2.75) is 26.2 Å². The topological polar surface area (TPSA) is 40.5 Å². The molecule has 102 valence electrons. The van der Waals surface area contributed by atoms with E-state index in [2.05, 4.69) is 41.1 Å². The molecule has 0 saturated carbocycles. The molecule has 1 amide bonds. The van der Waals surface area contributed by atoms with Gasteiger partial charge >= 0.3 is 6.09 Å². The predicted octanol–water partition coefficient (Wildman–Crippen LogP) is 4.17. The molecule has 0 atom stereocenters. The number of likely N-dealkylation sites (tertiary alicyclic amines) is 1. The molecular formula is C15H18BrNO2. The van der Waals surface area contributed by atoms with Crippen molar-refractivity contribution in [2.75, 3.05) is 13.1 Å². The van der Waals surface area contributed by atoms with Crippen LogP contribution in [0.15, 0.2) is 28.2 Å². The summed E-state index contributed by atoms with van der Waals surface area (Å²) in [5, 5.41) is 8.93. The molecule has 1 heterocycles. The van der Waals surface area contributed by atoms with E-state index in [1.165, 1.54) is 21.6 Å². The van der Waals surface area contributed by atoms with Crippen LogP contribution in [0.2, 0.25) is 0 Å². The highest BCUT2D eigenvalue weighted by Gasteiger charge is 2.17. The lowest BCUT2D eigenvalue weighted by atomic mass is 9.98. The first-order valence-electron chi connectivity index (χ1n) is 6.56. The number of piperidine rings is 1. The number of benzene rings is 1. The average Bonchev–Trinajstić information content (AvgIpc) is 2.39. The van der Waals surface area contributed by atoms with E-state index in [4.69, 9.17) is 5.11 Å². The highest BCUT2D eigenvalue weighted by Crippen LogP contribution is 2.26. The molecule has 0 radical (unpaired) electrons. The Bertz CT molecular complexity index is 501. The maximum absolute atomic E-state index is 10.9. The van der Waals surface area contributed by atoms with Crippen molar-refractivity contribution < 1.29 is 9.90 Å². The molecule has 1 aliphatic rings. The molecule has 3 nitrogen and oxygen atoms in total. The lowest BCUT2D eigenvalue weighted by Gasteiger charge is -2.26. The first kappa shape index (κ1) is 14.1. The number of nitrogens with zero attached hydrogens (tertiary/aromatic N) is 1. The minimum Gasteiger partial charge on any atom is -0.465 e. The highest BCUT2D eigenvalue weighted by atomic mass is 79.9. The van der Waals surface area contributed by atoms with E-state index in [1.807, 2.05) is 6.07 Å². The molecule has 1 aromatic carbocycles. The molecule has 2 rings (SSSR count). The zero-order valence-electron chi connectivity index (χ0n) is 11.0. The summed E-state index contributed by atoms with van der Waals surface area (Å²) in [6.45, 7) is 3.36. The molecule has 19 heavy (non-hydrogen) atoms. The van der Waals surface area contributed by atoms with E-state index in [9.17, 15) is 4.79 Å². The van der Waals surface area contributed by atoms with Gasteiger partial charge in [-0.2, -0.15) is 0 Å². The highest BCUT2D eigenvalue weighted by molar-refractivity contribution is 9.10. The standard InChI is InChI=1S/C15H18BrNO2/c1-2-13-12(4-3-5-14(13)16)10-11-6-8-17(9-7-11)15(18)19/h3-5,10H,2,6-9H2,1H3,(H,18,19). The van der Waals surface area contributed by atoms with Crippen LogP contribution in [0.25, 0.3) is 6.08 Å². The van der Waals surface area contributed by atoms with Gasteiger partial charge in [0.25, 0.3) is 0 Å². The van der Waals surface area contributed by atoms with Crippen LogP contribution in [0.4, 0.5) is 4.79 Å². The Morgan fingerprint density at radius 3 is 2.68 bits per heavy atom. The summed E-state index contributed by atoms with van der Waals surface area (Å²) >= 11 is 3.59. The van der Waals surface area contributed by atoms with Crippen LogP contribution in [-0.4, -0.2) is 29.2 Å². The molecule has 0 bridgehead atoms. The van der Waals surface area contributed by atoms with E-state index in [0.29, 0.717) is 13.1 Å².